The topological polar surface area (TPSA) is 99.2 Å². The van der Waals surface area contributed by atoms with E-state index in [9.17, 15) is 9.59 Å². The summed E-state index contributed by atoms with van der Waals surface area (Å²) in [5.41, 5.74) is 0.949. The van der Waals surface area contributed by atoms with Crippen molar-refractivity contribution in [3.8, 4) is 11.4 Å². The van der Waals surface area contributed by atoms with Gasteiger partial charge in [-0.1, -0.05) is 30.3 Å². The van der Waals surface area contributed by atoms with Crippen LogP contribution < -0.4 is 0 Å². The maximum absolute atomic E-state index is 12.1. The minimum absolute atomic E-state index is 0.0493. The zero-order valence-corrected chi connectivity index (χ0v) is 13.3. The van der Waals surface area contributed by atoms with Crippen molar-refractivity contribution >= 4 is 11.9 Å². The molecule has 3 rings (SSSR count). The molecule has 24 heavy (non-hydrogen) atoms. The standard InChI is InChI=1S/C17H20N4O3/c22-14(8-9-15(23)24)21-10-4-7-13(11-21)17-18-16(19-20-17)12-5-2-1-3-6-12/h1-3,5-6,13H,4,7-11H2,(H,23,24)(H,18,19,20). The number of likely N-dealkylation sites (tertiary alicyclic amines) is 1. The van der Waals surface area contributed by atoms with Crippen molar-refractivity contribution in [2.24, 2.45) is 0 Å². The summed E-state index contributed by atoms with van der Waals surface area (Å²) in [6, 6.07) is 9.73. The number of carbonyl (C=O) groups is 2. The van der Waals surface area contributed by atoms with E-state index < -0.39 is 5.97 Å². The Balaban J connectivity index is 1.66. The SMILES string of the molecule is O=C(O)CCC(=O)N1CCCC(c2nc(-c3ccccc3)n[nH]2)C1. The molecule has 2 aromatic rings. The summed E-state index contributed by atoms with van der Waals surface area (Å²) in [6.45, 7) is 1.23. The molecule has 1 aliphatic rings. The Kier molecular flexibility index (Phi) is 4.88. The second-order valence-electron chi connectivity index (χ2n) is 5.98. The van der Waals surface area contributed by atoms with Gasteiger partial charge in [0.2, 0.25) is 5.91 Å². The highest BCUT2D eigenvalue weighted by atomic mass is 16.4. The quantitative estimate of drug-likeness (QED) is 0.875. The number of aromatic nitrogens is 3. The average molecular weight is 328 g/mol. The number of piperidine rings is 1. The summed E-state index contributed by atoms with van der Waals surface area (Å²) in [5, 5.41) is 16.0. The molecule has 0 saturated carbocycles. The molecule has 1 unspecified atom stereocenters. The van der Waals surface area contributed by atoms with Gasteiger partial charge < -0.3 is 10.0 Å². The number of aliphatic carboxylic acids is 1. The highest BCUT2D eigenvalue weighted by molar-refractivity contribution is 5.80. The van der Waals surface area contributed by atoms with Gasteiger partial charge in [0.15, 0.2) is 5.82 Å². The van der Waals surface area contributed by atoms with Crippen LogP contribution in [-0.2, 0) is 9.59 Å². The Morgan fingerprint density at radius 1 is 1.25 bits per heavy atom. The molecule has 7 nitrogen and oxygen atoms in total. The number of amides is 1. The summed E-state index contributed by atoms with van der Waals surface area (Å²) in [7, 11) is 0. The fourth-order valence-corrected chi connectivity index (χ4v) is 2.97. The number of benzene rings is 1. The van der Waals surface area contributed by atoms with Crippen LogP contribution in [-0.4, -0.2) is 50.2 Å². The number of hydrogen-bond donors (Lipinski definition) is 2. The number of carbonyl (C=O) groups excluding carboxylic acids is 1. The Hall–Kier alpha value is -2.70. The average Bonchev–Trinajstić information content (AvgIpc) is 3.11. The Morgan fingerprint density at radius 3 is 2.79 bits per heavy atom. The Morgan fingerprint density at radius 2 is 2.04 bits per heavy atom. The molecule has 1 fully saturated rings. The van der Waals surface area contributed by atoms with E-state index in [1.54, 1.807) is 4.90 Å². The molecular weight excluding hydrogens is 308 g/mol. The smallest absolute Gasteiger partial charge is 0.303 e. The number of carboxylic acid groups (broad SMARTS) is 1. The van der Waals surface area contributed by atoms with E-state index in [0.29, 0.717) is 18.9 Å². The molecule has 126 valence electrons. The number of carboxylic acids is 1. The van der Waals surface area contributed by atoms with E-state index in [4.69, 9.17) is 5.11 Å². The van der Waals surface area contributed by atoms with Crippen molar-refractivity contribution in [1.29, 1.82) is 0 Å². The number of H-pyrrole nitrogens is 1. The summed E-state index contributed by atoms with van der Waals surface area (Å²) in [4.78, 5) is 29.0. The lowest BCUT2D eigenvalue weighted by Crippen LogP contribution is -2.39. The van der Waals surface area contributed by atoms with Crippen LogP contribution in [0.3, 0.4) is 0 Å². The molecule has 1 aromatic carbocycles. The lowest BCUT2D eigenvalue weighted by molar-refractivity contribution is -0.141. The third kappa shape index (κ3) is 3.79. The molecule has 0 spiro atoms. The number of nitrogens with one attached hydrogen (secondary N) is 1. The second kappa shape index (κ2) is 7.25. The highest BCUT2D eigenvalue weighted by Gasteiger charge is 2.27. The first-order valence-corrected chi connectivity index (χ1v) is 8.11. The zero-order valence-electron chi connectivity index (χ0n) is 13.3. The normalized spacial score (nSPS) is 17.7. The first kappa shape index (κ1) is 16.2. The van der Waals surface area contributed by atoms with Crippen LogP contribution in [0.5, 0.6) is 0 Å². The van der Waals surface area contributed by atoms with Gasteiger partial charge in [-0.25, -0.2) is 4.98 Å². The minimum Gasteiger partial charge on any atom is -0.481 e. The van der Waals surface area contributed by atoms with Crippen LogP contribution in [0.15, 0.2) is 30.3 Å². The fourth-order valence-electron chi connectivity index (χ4n) is 2.97. The highest BCUT2D eigenvalue weighted by Crippen LogP contribution is 2.26. The fraction of sp³-hybridized carbons (Fsp3) is 0.412. The minimum atomic E-state index is -0.945. The van der Waals surface area contributed by atoms with Crippen molar-refractivity contribution in [3.05, 3.63) is 36.2 Å². The summed E-state index contributed by atoms with van der Waals surface area (Å²) in [5.74, 6) is 0.492. The van der Waals surface area contributed by atoms with Crippen molar-refractivity contribution in [2.75, 3.05) is 13.1 Å². The van der Waals surface area contributed by atoms with Gasteiger partial charge in [-0.15, -0.1) is 0 Å². The van der Waals surface area contributed by atoms with Crippen molar-refractivity contribution in [2.45, 2.75) is 31.6 Å². The van der Waals surface area contributed by atoms with E-state index in [0.717, 1.165) is 24.2 Å². The monoisotopic (exact) mass is 328 g/mol. The Bertz CT molecular complexity index is 714. The molecule has 1 aliphatic heterocycles. The van der Waals surface area contributed by atoms with E-state index in [2.05, 4.69) is 15.2 Å². The third-order valence-corrected chi connectivity index (χ3v) is 4.25. The Labute approximate surface area is 139 Å². The van der Waals surface area contributed by atoms with Crippen LogP contribution in [0.1, 0.15) is 37.4 Å². The van der Waals surface area contributed by atoms with Gasteiger partial charge in [0.05, 0.1) is 6.42 Å². The lowest BCUT2D eigenvalue weighted by Gasteiger charge is -2.31. The largest absolute Gasteiger partial charge is 0.481 e. The first-order valence-electron chi connectivity index (χ1n) is 8.11. The van der Waals surface area contributed by atoms with Crippen LogP contribution in [0.25, 0.3) is 11.4 Å². The molecule has 7 heteroatoms. The van der Waals surface area contributed by atoms with Crippen molar-refractivity contribution < 1.29 is 14.7 Å². The molecule has 1 amide bonds. The molecule has 2 heterocycles. The van der Waals surface area contributed by atoms with Gasteiger partial charge in [-0.05, 0) is 12.8 Å². The van der Waals surface area contributed by atoms with Crippen molar-refractivity contribution in [3.63, 3.8) is 0 Å². The molecule has 1 aromatic heterocycles. The predicted octanol–water partition coefficient (Wildman–Crippen LogP) is 2.04. The maximum atomic E-state index is 12.1. The molecule has 1 saturated heterocycles. The van der Waals surface area contributed by atoms with E-state index in [1.165, 1.54) is 0 Å². The number of nitrogens with zero attached hydrogens (tertiary/aromatic N) is 3. The molecular formula is C17H20N4O3. The molecule has 0 aliphatic carbocycles. The van der Waals surface area contributed by atoms with Crippen molar-refractivity contribution in [1.82, 2.24) is 20.1 Å². The number of aromatic amines is 1. The zero-order chi connectivity index (χ0) is 16.9. The van der Waals surface area contributed by atoms with Crippen LogP contribution in [0.4, 0.5) is 0 Å². The van der Waals surface area contributed by atoms with Crippen LogP contribution >= 0.6 is 0 Å². The van der Waals surface area contributed by atoms with Gasteiger partial charge in [0.1, 0.15) is 5.82 Å². The number of hydrogen-bond acceptors (Lipinski definition) is 4. The molecule has 0 radical (unpaired) electrons. The summed E-state index contributed by atoms with van der Waals surface area (Å²) in [6.07, 6.45) is 1.74. The maximum Gasteiger partial charge on any atom is 0.303 e. The lowest BCUT2D eigenvalue weighted by atomic mass is 9.97. The van der Waals surface area contributed by atoms with Crippen LogP contribution in [0, 0.1) is 0 Å². The molecule has 1 atom stereocenters. The van der Waals surface area contributed by atoms with E-state index in [1.807, 2.05) is 30.3 Å². The van der Waals surface area contributed by atoms with E-state index >= 15 is 0 Å². The summed E-state index contributed by atoms with van der Waals surface area (Å²) >= 11 is 0. The van der Waals surface area contributed by atoms with E-state index in [-0.39, 0.29) is 24.7 Å². The van der Waals surface area contributed by atoms with Gasteiger partial charge >= 0.3 is 5.97 Å². The first-order chi connectivity index (χ1) is 11.6. The van der Waals surface area contributed by atoms with Gasteiger partial charge in [0.25, 0.3) is 0 Å². The third-order valence-electron chi connectivity index (χ3n) is 4.25. The second-order valence-corrected chi connectivity index (χ2v) is 5.98. The number of rotatable bonds is 5. The van der Waals surface area contributed by atoms with Gasteiger partial charge in [0, 0.05) is 31.0 Å². The molecule has 2 N–H and O–H groups in total. The summed E-state index contributed by atoms with van der Waals surface area (Å²) < 4.78 is 0. The van der Waals surface area contributed by atoms with Crippen LogP contribution in [0.2, 0.25) is 0 Å². The molecule has 0 bridgehead atoms. The van der Waals surface area contributed by atoms with Gasteiger partial charge in [-0.2, -0.15) is 5.10 Å². The predicted molar refractivity (Wildman–Crippen MR) is 87.2 cm³/mol. The van der Waals surface area contributed by atoms with Gasteiger partial charge in [-0.3, -0.25) is 14.7 Å².